The van der Waals surface area contributed by atoms with Crippen molar-refractivity contribution in [3.05, 3.63) is 96.6 Å². The highest BCUT2D eigenvalue weighted by Gasteiger charge is 1.89. The topological polar surface area (TPSA) is 49.3 Å². The number of carbonyl (C=O) groups excluding carboxylic acids is 1. The number of carbonyl (C=O) groups is 1. The molecule has 0 bridgehead atoms. The van der Waals surface area contributed by atoms with E-state index in [1.54, 1.807) is 0 Å². The summed E-state index contributed by atoms with van der Waals surface area (Å²) in [5.41, 5.74) is 2.64. The van der Waals surface area contributed by atoms with Crippen LogP contribution in [0.3, 0.4) is 0 Å². The van der Waals surface area contributed by atoms with Crippen LogP contribution in [0.15, 0.2) is 85.5 Å². The van der Waals surface area contributed by atoms with Crippen molar-refractivity contribution in [2.75, 3.05) is 21.2 Å². The monoisotopic (exact) mass is 411 g/mol. The molecule has 166 valence electrons. The third kappa shape index (κ3) is 20.0. The van der Waals surface area contributed by atoms with Crippen LogP contribution in [0.1, 0.15) is 30.9 Å². The van der Waals surface area contributed by atoms with Crippen LogP contribution in [0.5, 0.6) is 0 Å². The van der Waals surface area contributed by atoms with Crippen LogP contribution in [-0.2, 0) is 4.79 Å². The van der Waals surface area contributed by atoms with Gasteiger partial charge in [-0.3, -0.25) is 0 Å². The molecule has 0 saturated heterocycles. The number of aliphatic hydroxyl groups is 1. The molecule has 0 aliphatic carbocycles. The van der Waals surface area contributed by atoms with Crippen molar-refractivity contribution in [2.24, 2.45) is 0 Å². The van der Waals surface area contributed by atoms with Gasteiger partial charge in [0.25, 0.3) is 0 Å². The lowest BCUT2D eigenvalue weighted by Gasteiger charge is -1.96. The Kier molecular flexibility index (Phi) is 27.9. The van der Waals surface area contributed by atoms with Crippen molar-refractivity contribution in [2.45, 2.75) is 33.6 Å². The van der Waals surface area contributed by atoms with Crippen molar-refractivity contribution in [3.63, 3.8) is 0 Å². The van der Waals surface area contributed by atoms with Crippen molar-refractivity contribution in [3.8, 4) is 0 Å². The molecule has 0 radical (unpaired) electrons. The van der Waals surface area contributed by atoms with Crippen LogP contribution < -0.4 is 5.32 Å². The van der Waals surface area contributed by atoms with Gasteiger partial charge >= 0.3 is 0 Å². The summed E-state index contributed by atoms with van der Waals surface area (Å²) in [6.45, 7) is 11.9. The van der Waals surface area contributed by atoms with Crippen LogP contribution >= 0.6 is 0 Å². The van der Waals surface area contributed by atoms with Crippen LogP contribution in [0.2, 0.25) is 0 Å². The summed E-state index contributed by atoms with van der Waals surface area (Å²) in [6, 6.07) is 25.2. The predicted octanol–water partition coefficient (Wildman–Crippen LogP) is 6.37. The summed E-state index contributed by atoms with van der Waals surface area (Å²) in [6.07, 6.45) is 4.31. The standard InChI is InChI=1S/C11H10.C7H8.C5H10.C2H7N.CH4O.CH2O/c1-9-6-7-10-4-2-3-5-11(10)8-9;1-7-5-3-2-4-6-7;1-3-5-4-2;1-3-2;2*1-2/h2-8H,1H3;2-6H,1H3;3H,1,4-5H2,2H3;3H,1-2H3;2H,1H3;1H2. The predicted molar refractivity (Wildman–Crippen MR) is 135 cm³/mol. The zero-order chi connectivity index (χ0) is 23.6. The van der Waals surface area contributed by atoms with Crippen LogP contribution in [0, 0.1) is 13.8 Å². The Morgan fingerprint density at radius 3 is 1.63 bits per heavy atom. The quantitative estimate of drug-likeness (QED) is 0.481. The lowest BCUT2D eigenvalue weighted by molar-refractivity contribution is -0.0979. The highest BCUT2D eigenvalue weighted by atomic mass is 16.2. The number of benzene rings is 3. The average molecular weight is 412 g/mol. The highest BCUT2D eigenvalue weighted by Crippen LogP contribution is 2.14. The second-order valence-corrected chi connectivity index (χ2v) is 6.08. The number of fused-ring (bicyclic) bond motifs is 1. The molecule has 0 heterocycles. The molecule has 3 nitrogen and oxygen atoms in total. The molecule has 0 atom stereocenters. The van der Waals surface area contributed by atoms with E-state index < -0.39 is 0 Å². The second-order valence-electron chi connectivity index (χ2n) is 6.08. The normalized spacial score (nSPS) is 7.97. The molecule has 0 aliphatic rings. The molecule has 0 aliphatic heterocycles. The van der Waals surface area contributed by atoms with Gasteiger partial charge in [0.15, 0.2) is 0 Å². The van der Waals surface area contributed by atoms with Gasteiger partial charge in [-0.25, -0.2) is 0 Å². The molecule has 3 heteroatoms. The van der Waals surface area contributed by atoms with E-state index in [1.807, 2.05) is 45.2 Å². The molecule has 3 aromatic carbocycles. The number of nitrogens with one attached hydrogen (secondary N) is 1. The maximum atomic E-state index is 8.00. The molecular weight excluding hydrogens is 370 g/mol. The molecule has 0 saturated carbocycles. The largest absolute Gasteiger partial charge is 0.400 e. The van der Waals surface area contributed by atoms with Crippen molar-refractivity contribution in [1.82, 2.24) is 5.32 Å². The Hall–Kier alpha value is -2.75. The summed E-state index contributed by atoms with van der Waals surface area (Å²) in [5, 5.41) is 12.4. The van der Waals surface area contributed by atoms with E-state index in [9.17, 15) is 0 Å². The van der Waals surface area contributed by atoms with E-state index in [0.717, 1.165) is 13.5 Å². The molecule has 0 fully saturated rings. The molecule has 2 N–H and O–H groups in total. The molecule has 0 spiro atoms. The molecule has 0 aromatic heterocycles. The third-order valence-corrected chi connectivity index (χ3v) is 3.34. The first-order chi connectivity index (χ1) is 14.6. The number of aliphatic hydroxyl groups excluding tert-OH is 1. The minimum absolute atomic E-state index is 1.00. The number of rotatable bonds is 2. The molecule has 0 amide bonds. The molecule has 3 rings (SSSR count). The summed E-state index contributed by atoms with van der Waals surface area (Å²) in [7, 11) is 4.75. The minimum atomic E-state index is 1.00. The van der Waals surface area contributed by atoms with E-state index in [0.29, 0.717) is 0 Å². The number of hydrogen-bond donors (Lipinski definition) is 2. The zero-order valence-electron chi connectivity index (χ0n) is 19.7. The first kappa shape index (κ1) is 31.9. The fraction of sp³-hybridized carbons (Fsp3) is 0.296. The van der Waals surface area contributed by atoms with E-state index in [4.69, 9.17) is 9.90 Å². The molecular formula is C27H41NO2. The summed E-state index contributed by atoms with van der Waals surface area (Å²) >= 11 is 0. The van der Waals surface area contributed by atoms with Gasteiger partial charge in [0.2, 0.25) is 0 Å². The number of allylic oxidation sites excluding steroid dienone is 1. The number of unbranched alkanes of at least 4 members (excludes halogenated alkanes) is 1. The highest BCUT2D eigenvalue weighted by molar-refractivity contribution is 5.82. The van der Waals surface area contributed by atoms with Crippen molar-refractivity contribution in [1.29, 1.82) is 0 Å². The lowest BCUT2D eigenvalue weighted by Crippen LogP contribution is -1.89. The van der Waals surface area contributed by atoms with Gasteiger partial charge < -0.3 is 15.2 Å². The van der Waals surface area contributed by atoms with Gasteiger partial charge in [-0.05, 0) is 45.1 Å². The van der Waals surface area contributed by atoms with Gasteiger partial charge in [0, 0.05) is 7.11 Å². The maximum Gasteiger partial charge on any atom is 0.106 e. The zero-order valence-corrected chi connectivity index (χ0v) is 19.7. The first-order valence-corrected chi connectivity index (χ1v) is 9.99. The number of aryl methyl sites for hydroxylation is 2. The molecule has 3 aromatic rings. The summed E-state index contributed by atoms with van der Waals surface area (Å²) in [4.78, 5) is 8.00. The van der Waals surface area contributed by atoms with E-state index in [1.165, 1.54) is 28.3 Å². The van der Waals surface area contributed by atoms with E-state index in [2.05, 4.69) is 87.3 Å². The molecule has 30 heavy (non-hydrogen) atoms. The Labute approximate surface area is 184 Å². The first-order valence-electron chi connectivity index (χ1n) is 9.99. The lowest BCUT2D eigenvalue weighted by atomic mass is 10.1. The van der Waals surface area contributed by atoms with Gasteiger partial charge in [-0.15, -0.1) is 6.58 Å². The van der Waals surface area contributed by atoms with Gasteiger partial charge in [0.1, 0.15) is 6.79 Å². The Morgan fingerprint density at radius 2 is 1.27 bits per heavy atom. The summed E-state index contributed by atoms with van der Waals surface area (Å²) in [5.74, 6) is 0. The fourth-order valence-corrected chi connectivity index (χ4v) is 2.05. The number of hydrogen-bond acceptors (Lipinski definition) is 3. The van der Waals surface area contributed by atoms with Crippen LogP contribution in [0.25, 0.3) is 10.8 Å². The second kappa shape index (κ2) is 26.2. The Balaban J connectivity index is -0.000000335. The SMILES string of the molecule is C=CCCC.C=O.CNC.CO.Cc1ccc2ccccc2c1.Cc1ccccc1. The van der Waals surface area contributed by atoms with Crippen molar-refractivity contribution < 1.29 is 9.90 Å². The van der Waals surface area contributed by atoms with Crippen LogP contribution in [0.4, 0.5) is 0 Å². The maximum absolute atomic E-state index is 8.00. The van der Waals surface area contributed by atoms with Crippen molar-refractivity contribution >= 4 is 17.6 Å². The fourth-order valence-electron chi connectivity index (χ4n) is 2.05. The minimum Gasteiger partial charge on any atom is -0.400 e. The molecule has 0 unspecified atom stereocenters. The van der Waals surface area contributed by atoms with Gasteiger partial charge in [0.05, 0.1) is 0 Å². The van der Waals surface area contributed by atoms with E-state index in [-0.39, 0.29) is 0 Å². The van der Waals surface area contributed by atoms with Crippen LogP contribution in [-0.4, -0.2) is 33.1 Å². The average Bonchev–Trinajstić information content (AvgIpc) is 2.79. The Morgan fingerprint density at radius 1 is 0.800 bits per heavy atom. The van der Waals surface area contributed by atoms with E-state index >= 15 is 0 Å². The van der Waals surface area contributed by atoms with Gasteiger partial charge in [-0.2, -0.15) is 0 Å². The smallest absolute Gasteiger partial charge is 0.106 e. The van der Waals surface area contributed by atoms with Gasteiger partial charge in [-0.1, -0.05) is 103 Å². The third-order valence-electron chi connectivity index (χ3n) is 3.34. The Bertz CT molecular complexity index is 727. The summed E-state index contributed by atoms with van der Waals surface area (Å²) < 4.78 is 0.